The normalized spacial score (nSPS) is 12.4. The lowest BCUT2D eigenvalue weighted by atomic mass is 10.1. The first kappa shape index (κ1) is 15.1. The van der Waals surface area contributed by atoms with E-state index in [0.717, 1.165) is 28.8 Å². The number of anilines is 1. The van der Waals surface area contributed by atoms with Gasteiger partial charge in [0, 0.05) is 23.2 Å². The molecule has 1 unspecified atom stereocenters. The molecule has 3 N–H and O–H groups in total. The maximum Gasteiger partial charge on any atom is 0.0948 e. The van der Waals surface area contributed by atoms with Crippen molar-refractivity contribution in [2.45, 2.75) is 32.9 Å². The summed E-state index contributed by atoms with van der Waals surface area (Å²) < 4.78 is 3.21. The van der Waals surface area contributed by atoms with E-state index in [1.165, 1.54) is 5.56 Å². The molecule has 20 heavy (non-hydrogen) atoms. The van der Waals surface area contributed by atoms with Crippen molar-refractivity contribution in [3.8, 4) is 0 Å². The topological polar surface area (TPSA) is 55.9 Å². The molecular weight excluding hydrogens is 316 g/mol. The van der Waals surface area contributed by atoms with Gasteiger partial charge in [-0.3, -0.25) is 0 Å². The monoisotopic (exact) mass is 336 g/mol. The fraction of sp³-hybridized carbons (Fsp3) is 0.400. The van der Waals surface area contributed by atoms with E-state index in [4.69, 9.17) is 5.73 Å². The van der Waals surface area contributed by atoms with Crippen LogP contribution in [0.25, 0.3) is 0 Å². The van der Waals surface area contributed by atoms with Gasteiger partial charge in [0.05, 0.1) is 24.3 Å². The predicted molar refractivity (Wildman–Crippen MR) is 86.8 cm³/mol. The Labute approximate surface area is 128 Å². The number of nitrogens with one attached hydrogen (secondary N) is 1. The third-order valence-electron chi connectivity index (χ3n) is 3.25. The molecule has 0 saturated heterocycles. The summed E-state index contributed by atoms with van der Waals surface area (Å²) in [4.78, 5) is 4.25. The Hall–Kier alpha value is -1.33. The van der Waals surface area contributed by atoms with Crippen LogP contribution in [0.3, 0.4) is 0 Å². The number of nitrogens with two attached hydrogens (primary N) is 1. The smallest absolute Gasteiger partial charge is 0.0948 e. The molecule has 1 aromatic heterocycles. The minimum Gasteiger partial charge on any atom is -0.375 e. The van der Waals surface area contributed by atoms with Crippen molar-refractivity contribution in [1.29, 1.82) is 0 Å². The molecule has 0 aliphatic carbocycles. The van der Waals surface area contributed by atoms with Crippen LogP contribution in [0.1, 0.15) is 30.6 Å². The number of rotatable bonds is 6. The second-order valence-corrected chi connectivity index (χ2v) is 5.78. The van der Waals surface area contributed by atoms with Crippen molar-refractivity contribution in [2.75, 3.05) is 11.9 Å². The first-order valence-corrected chi connectivity index (χ1v) is 7.67. The summed E-state index contributed by atoms with van der Waals surface area (Å²) in [6.45, 7) is 5.72. The Morgan fingerprint density at radius 3 is 2.95 bits per heavy atom. The number of hydrogen-bond donors (Lipinski definition) is 2. The van der Waals surface area contributed by atoms with Crippen molar-refractivity contribution in [1.82, 2.24) is 9.55 Å². The maximum atomic E-state index is 5.95. The van der Waals surface area contributed by atoms with Crippen LogP contribution in [0, 0.1) is 6.92 Å². The number of aromatic nitrogens is 2. The van der Waals surface area contributed by atoms with Gasteiger partial charge in [-0.05, 0) is 47.0 Å². The molecule has 1 heterocycles. The lowest BCUT2D eigenvalue weighted by molar-refractivity contribution is 0.613. The molecule has 0 bridgehead atoms. The van der Waals surface area contributed by atoms with Gasteiger partial charge in [-0.15, -0.1) is 0 Å². The van der Waals surface area contributed by atoms with Gasteiger partial charge >= 0.3 is 0 Å². The van der Waals surface area contributed by atoms with E-state index in [1.807, 2.05) is 12.5 Å². The molecule has 0 saturated carbocycles. The highest BCUT2D eigenvalue weighted by molar-refractivity contribution is 9.10. The highest BCUT2D eigenvalue weighted by atomic mass is 79.9. The van der Waals surface area contributed by atoms with Crippen LogP contribution < -0.4 is 11.1 Å². The molecule has 5 heteroatoms. The predicted octanol–water partition coefficient (Wildman–Crippen LogP) is 3.48. The minimum atomic E-state index is 0.0575. The third-order valence-corrected chi connectivity index (χ3v) is 3.94. The van der Waals surface area contributed by atoms with Crippen LogP contribution in [-0.2, 0) is 6.54 Å². The average molecular weight is 337 g/mol. The van der Waals surface area contributed by atoms with Crippen molar-refractivity contribution in [3.05, 3.63) is 46.5 Å². The fourth-order valence-electron chi connectivity index (χ4n) is 2.24. The summed E-state index contributed by atoms with van der Waals surface area (Å²) in [7, 11) is 0. The van der Waals surface area contributed by atoms with E-state index in [9.17, 15) is 0 Å². The zero-order valence-corrected chi connectivity index (χ0v) is 13.5. The van der Waals surface area contributed by atoms with Crippen LogP contribution in [0.2, 0.25) is 0 Å². The summed E-state index contributed by atoms with van der Waals surface area (Å²) in [6.07, 6.45) is 4.84. The SMILES string of the molecule is CCCn1cncc1C(CN)Nc1cc(C)ccc1Br. The van der Waals surface area contributed by atoms with E-state index in [2.05, 4.69) is 62.8 Å². The number of aryl methyl sites for hydroxylation is 2. The summed E-state index contributed by atoms with van der Waals surface area (Å²) in [5.74, 6) is 0. The van der Waals surface area contributed by atoms with Crippen LogP contribution >= 0.6 is 15.9 Å². The minimum absolute atomic E-state index is 0.0575. The van der Waals surface area contributed by atoms with Gasteiger partial charge in [0.25, 0.3) is 0 Å². The molecule has 2 aromatic rings. The number of imidazole rings is 1. The fourth-order valence-corrected chi connectivity index (χ4v) is 2.60. The molecule has 108 valence electrons. The number of nitrogens with zero attached hydrogens (tertiary/aromatic N) is 2. The van der Waals surface area contributed by atoms with Crippen LogP contribution in [-0.4, -0.2) is 16.1 Å². The molecular formula is C15H21BrN4. The van der Waals surface area contributed by atoms with Crippen LogP contribution in [0.4, 0.5) is 5.69 Å². The summed E-state index contributed by atoms with van der Waals surface area (Å²) in [5, 5.41) is 3.51. The summed E-state index contributed by atoms with van der Waals surface area (Å²) in [5.41, 5.74) is 9.35. The van der Waals surface area contributed by atoms with Gasteiger partial charge in [-0.2, -0.15) is 0 Å². The van der Waals surface area contributed by atoms with E-state index in [-0.39, 0.29) is 6.04 Å². The number of benzene rings is 1. The number of halogens is 1. The Balaban J connectivity index is 2.24. The van der Waals surface area contributed by atoms with Gasteiger partial charge in [0.1, 0.15) is 0 Å². The first-order chi connectivity index (χ1) is 9.65. The van der Waals surface area contributed by atoms with E-state index in [0.29, 0.717) is 6.54 Å². The number of hydrogen-bond acceptors (Lipinski definition) is 3. The second-order valence-electron chi connectivity index (χ2n) is 4.93. The van der Waals surface area contributed by atoms with Gasteiger partial charge in [0.2, 0.25) is 0 Å². The Morgan fingerprint density at radius 1 is 1.45 bits per heavy atom. The van der Waals surface area contributed by atoms with Crippen molar-refractivity contribution >= 4 is 21.6 Å². The lowest BCUT2D eigenvalue weighted by Gasteiger charge is -2.21. The van der Waals surface area contributed by atoms with Crippen LogP contribution in [0.15, 0.2) is 35.2 Å². The summed E-state index contributed by atoms with van der Waals surface area (Å²) in [6, 6.07) is 6.30. The Bertz CT molecular complexity index is 565. The molecule has 2 rings (SSSR count). The Kier molecular flexibility index (Phi) is 5.20. The van der Waals surface area contributed by atoms with E-state index in [1.54, 1.807) is 0 Å². The van der Waals surface area contributed by atoms with Crippen molar-refractivity contribution in [3.63, 3.8) is 0 Å². The molecule has 1 atom stereocenters. The summed E-state index contributed by atoms with van der Waals surface area (Å²) >= 11 is 3.57. The molecule has 0 radical (unpaired) electrons. The zero-order valence-electron chi connectivity index (χ0n) is 11.9. The highest BCUT2D eigenvalue weighted by Gasteiger charge is 2.15. The lowest BCUT2D eigenvalue weighted by Crippen LogP contribution is -2.23. The van der Waals surface area contributed by atoms with E-state index >= 15 is 0 Å². The molecule has 0 fully saturated rings. The van der Waals surface area contributed by atoms with Gasteiger partial charge in [0.15, 0.2) is 0 Å². The third kappa shape index (κ3) is 3.41. The van der Waals surface area contributed by atoms with Gasteiger partial charge in [-0.25, -0.2) is 4.98 Å². The van der Waals surface area contributed by atoms with E-state index < -0.39 is 0 Å². The molecule has 0 aliphatic heterocycles. The largest absolute Gasteiger partial charge is 0.375 e. The van der Waals surface area contributed by atoms with Gasteiger partial charge in [-0.1, -0.05) is 13.0 Å². The second kappa shape index (κ2) is 6.90. The standard InChI is InChI=1S/C15H21BrN4/c1-3-6-20-10-18-9-15(20)14(8-17)19-13-7-11(2)4-5-12(13)16/h4-5,7,9-10,14,19H,3,6,8,17H2,1-2H3. The molecule has 0 amide bonds. The Morgan fingerprint density at radius 2 is 2.25 bits per heavy atom. The maximum absolute atomic E-state index is 5.95. The first-order valence-electron chi connectivity index (χ1n) is 6.88. The molecule has 0 aliphatic rings. The molecule has 4 nitrogen and oxygen atoms in total. The van der Waals surface area contributed by atoms with Crippen molar-refractivity contribution < 1.29 is 0 Å². The molecule has 1 aromatic carbocycles. The van der Waals surface area contributed by atoms with Crippen molar-refractivity contribution in [2.24, 2.45) is 5.73 Å². The van der Waals surface area contributed by atoms with Gasteiger partial charge < -0.3 is 15.6 Å². The average Bonchev–Trinajstić information content (AvgIpc) is 2.88. The molecule has 0 spiro atoms. The highest BCUT2D eigenvalue weighted by Crippen LogP contribution is 2.27. The van der Waals surface area contributed by atoms with Crippen LogP contribution in [0.5, 0.6) is 0 Å². The zero-order chi connectivity index (χ0) is 14.5. The quantitative estimate of drug-likeness (QED) is 0.849.